The Morgan fingerprint density at radius 1 is 0.733 bits per heavy atom. The van der Waals surface area contributed by atoms with E-state index in [4.69, 9.17) is 0 Å². The topological polar surface area (TPSA) is 0 Å². The minimum Gasteiger partial charge on any atom is -0.165 e. The first-order valence-corrected chi connectivity index (χ1v) is 12.7. The van der Waals surface area contributed by atoms with Crippen LogP contribution in [0.2, 0.25) is 0 Å². The molecule has 0 saturated carbocycles. The van der Waals surface area contributed by atoms with Crippen molar-refractivity contribution in [2.24, 2.45) is 0 Å². The summed E-state index contributed by atoms with van der Waals surface area (Å²) >= 11 is 0. The molecule has 1 heterocycles. The van der Waals surface area contributed by atoms with Gasteiger partial charge in [0.05, 0.1) is 0 Å². The van der Waals surface area contributed by atoms with Gasteiger partial charge in [-0.2, -0.15) is 7.53 Å². The van der Waals surface area contributed by atoms with Gasteiger partial charge in [0.25, 0.3) is 0 Å². The molecule has 4 rings (SSSR count). The van der Waals surface area contributed by atoms with E-state index >= 15 is 0 Å². The molecular formula is C27H29LiP2. The Bertz CT molecular complexity index is 1060. The summed E-state index contributed by atoms with van der Waals surface area (Å²) in [6, 6.07) is 20.4. The van der Waals surface area contributed by atoms with E-state index in [0.29, 0.717) is 0 Å². The monoisotopic (exact) mass is 422 g/mol. The molecule has 30 heavy (non-hydrogen) atoms. The van der Waals surface area contributed by atoms with Crippen LogP contribution in [0.1, 0.15) is 38.9 Å². The minimum absolute atomic E-state index is 0. The van der Waals surface area contributed by atoms with Crippen molar-refractivity contribution in [2.45, 2.75) is 47.7 Å². The zero-order valence-electron chi connectivity index (χ0n) is 19.3. The molecule has 0 unspecified atom stereocenters. The largest absolute Gasteiger partial charge is 1.00 e. The summed E-state index contributed by atoms with van der Waals surface area (Å²) in [5, 5.41) is 3.32. The predicted octanol–water partition coefficient (Wildman–Crippen LogP) is 6.21. The average Bonchev–Trinajstić information content (AvgIpc) is 2.63. The van der Waals surface area contributed by atoms with Crippen LogP contribution >= 0.6 is 15.7 Å². The fourth-order valence-corrected chi connectivity index (χ4v) is 9.99. The fraction of sp³-hybridized carbons (Fsp3) is 0.259. The summed E-state index contributed by atoms with van der Waals surface area (Å²) < 4.78 is 0. The van der Waals surface area contributed by atoms with E-state index in [0.717, 1.165) is 6.16 Å². The van der Waals surface area contributed by atoms with Gasteiger partial charge in [-0.15, -0.1) is 24.9 Å². The minimum atomic E-state index is -0.317. The predicted molar refractivity (Wildman–Crippen MR) is 132 cm³/mol. The number of hydrogen-bond donors (Lipinski definition) is 0. The van der Waals surface area contributed by atoms with E-state index in [2.05, 4.69) is 96.1 Å². The molecule has 0 atom stereocenters. The summed E-state index contributed by atoms with van der Waals surface area (Å²) in [7, 11) is 1.12. The van der Waals surface area contributed by atoms with Gasteiger partial charge in [-0.05, 0) is 66.2 Å². The van der Waals surface area contributed by atoms with Gasteiger partial charge in [0.1, 0.15) is 0 Å². The Labute approximate surface area is 196 Å². The van der Waals surface area contributed by atoms with Crippen LogP contribution in [0.15, 0.2) is 54.6 Å². The summed E-state index contributed by atoms with van der Waals surface area (Å²) in [5.74, 6) is 0. The maximum atomic E-state index is 2.35. The SMILES string of the molecule is Cc1cc(C)c(-c2p[c-](-c3c(C)cc(C)cc3C)p2Cc2ccccc2)c(C)c1.[Li+]. The zero-order chi connectivity index (χ0) is 20.7. The average molecular weight is 422 g/mol. The molecule has 0 aliphatic rings. The maximum absolute atomic E-state index is 2.35. The van der Waals surface area contributed by atoms with Crippen LogP contribution in [0.3, 0.4) is 0 Å². The molecule has 1 aromatic heterocycles. The standard InChI is InChI=1S/C27H29P2.Li/c1-17-12-19(3)24(20(4)13-17)26-28-27(25-21(5)14-18(2)15-22(25)6)29(26)16-23-10-8-7-9-11-23;/h7-15H,16H2,1-6H3;/q-1;+1. The van der Waals surface area contributed by atoms with Crippen LogP contribution < -0.4 is 18.9 Å². The van der Waals surface area contributed by atoms with Crippen molar-refractivity contribution in [3.63, 3.8) is 0 Å². The summed E-state index contributed by atoms with van der Waals surface area (Å²) in [4.78, 5) is 0. The smallest absolute Gasteiger partial charge is 0.165 e. The van der Waals surface area contributed by atoms with Crippen molar-refractivity contribution in [3.8, 4) is 21.2 Å². The molecule has 4 aromatic rings. The number of aryl methyl sites for hydroxylation is 6. The van der Waals surface area contributed by atoms with Gasteiger partial charge in [0.15, 0.2) is 0 Å². The Morgan fingerprint density at radius 2 is 1.23 bits per heavy atom. The Kier molecular flexibility index (Phi) is 7.28. The van der Waals surface area contributed by atoms with Crippen LogP contribution in [0.4, 0.5) is 0 Å². The van der Waals surface area contributed by atoms with Crippen molar-refractivity contribution in [3.05, 3.63) is 93.5 Å². The van der Waals surface area contributed by atoms with Gasteiger partial charge >= 0.3 is 18.9 Å². The first-order valence-electron chi connectivity index (χ1n) is 10.3. The molecule has 0 fully saturated rings. The molecule has 0 aliphatic heterocycles. The summed E-state index contributed by atoms with van der Waals surface area (Å²) in [6.45, 7) is 13.6. The van der Waals surface area contributed by atoms with E-state index in [1.165, 1.54) is 58.3 Å². The van der Waals surface area contributed by atoms with Gasteiger partial charge < -0.3 is 0 Å². The van der Waals surface area contributed by atoms with Gasteiger partial charge in [0.2, 0.25) is 0 Å². The van der Waals surface area contributed by atoms with Crippen molar-refractivity contribution >= 4 is 15.7 Å². The maximum Gasteiger partial charge on any atom is 1.00 e. The second-order valence-electron chi connectivity index (χ2n) is 8.38. The van der Waals surface area contributed by atoms with E-state index in [9.17, 15) is 0 Å². The van der Waals surface area contributed by atoms with Crippen LogP contribution in [0, 0.1) is 41.5 Å². The molecule has 0 bridgehead atoms. The van der Waals surface area contributed by atoms with Gasteiger partial charge in [0, 0.05) is 0 Å². The van der Waals surface area contributed by atoms with E-state index in [1.54, 1.807) is 10.1 Å². The van der Waals surface area contributed by atoms with E-state index in [-0.39, 0.29) is 26.4 Å². The molecule has 3 heteroatoms. The first kappa shape index (κ1) is 23.3. The molecule has 0 spiro atoms. The van der Waals surface area contributed by atoms with Gasteiger partial charge in [-0.25, -0.2) is 0 Å². The van der Waals surface area contributed by atoms with E-state index in [1.807, 2.05) is 0 Å². The third-order valence-corrected chi connectivity index (χ3v) is 10.8. The van der Waals surface area contributed by atoms with Crippen molar-refractivity contribution < 1.29 is 18.9 Å². The molecule has 148 valence electrons. The Morgan fingerprint density at radius 3 is 1.77 bits per heavy atom. The van der Waals surface area contributed by atoms with Crippen LogP contribution in [-0.2, 0) is 6.16 Å². The quantitative estimate of drug-likeness (QED) is 0.271. The van der Waals surface area contributed by atoms with Crippen molar-refractivity contribution in [2.75, 3.05) is 0 Å². The second kappa shape index (κ2) is 9.39. The Balaban J connectivity index is 0.00000256. The van der Waals surface area contributed by atoms with E-state index < -0.39 is 0 Å². The number of benzene rings is 3. The zero-order valence-corrected chi connectivity index (χ0v) is 21.1. The normalized spacial score (nSPS) is 11.7. The molecule has 3 aromatic carbocycles. The fourth-order valence-electron chi connectivity index (χ4n) is 4.64. The number of rotatable bonds is 4. The second-order valence-corrected chi connectivity index (χ2v) is 12.3. The van der Waals surface area contributed by atoms with Crippen molar-refractivity contribution in [1.29, 1.82) is 0 Å². The van der Waals surface area contributed by atoms with Gasteiger partial charge in [-0.1, -0.05) is 79.6 Å². The molecule has 0 aliphatic carbocycles. The summed E-state index contributed by atoms with van der Waals surface area (Å²) in [6.07, 6.45) is 1.15. The third-order valence-electron chi connectivity index (χ3n) is 5.71. The molecule has 0 saturated heterocycles. The molecule has 0 nitrogen and oxygen atoms in total. The third kappa shape index (κ3) is 4.45. The molecular weight excluding hydrogens is 393 g/mol. The molecule has 0 amide bonds. The number of hydrogen-bond acceptors (Lipinski definition) is 0. The Hall–Kier alpha value is -1.40. The van der Waals surface area contributed by atoms with Crippen LogP contribution in [-0.4, -0.2) is 0 Å². The molecule has 0 radical (unpaired) electrons. The summed E-state index contributed by atoms with van der Waals surface area (Å²) in [5.41, 5.74) is 12.9. The first-order chi connectivity index (χ1) is 13.8. The van der Waals surface area contributed by atoms with Gasteiger partial charge in [-0.3, -0.25) is 0 Å². The van der Waals surface area contributed by atoms with Crippen LogP contribution in [0.25, 0.3) is 21.2 Å². The molecule has 0 N–H and O–H groups in total. The van der Waals surface area contributed by atoms with Crippen molar-refractivity contribution in [1.82, 2.24) is 0 Å². The van der Waals surface area contributed by atoms with Crippen LogP contribution in [0.5, 0.6) is 0 Å².